The molecule has 2 heterocycles. The first-order valence-corrected chi connectivity index (χ1v) is 4.63. The fraction of sp³-hybridized carbons (Fsp3) is 0.667. The van der Waals surface area contributed by atoms with Gasteiger partial charge in [0.15, 0.2) is 0 Å². The summed E-state index contributed by atoms with van der Waals surface area (Å²) in [6.07, 6.45) is 2.69. The summed E-state index contributed by atoms with van der Waals surface area (Å²) in [7, 11) is 0. The second-order valence-corrected chi connectivity index (χ2v) is 3.19. The van der Waals surface area contributed by atoms with E-state index in [2.05, 4.69) is 17.2 Å². The lowest BCUT2D eigenvalue weighted by atomic mass is 10.2. The second kappa shape index (κ2) is 3.89. The number of aryl methyl sites for hydroxylation is 1. The van der Waals surface area contributed by atoms with Gasteiger partial charge in [0.2, 0.25) is 5.89 Å². The van der Waals surface area contributed by atoms with Crippen LogP contribution in [0.1, 0.15) is 18.6 Å². The van der Waals surface area contributed by atoms with Gasteiger partial charge in [0.05, 0.1) is 32.0 Å². The molecule has 1 aromatic rings. The highest BCUT2D eigenvalue weighted by atomic mass is 16.5. The highest BCUT2D eigenvalue weighted by Gasteiger charge is 2.17. The van der Waals surface area contributed by atoms with Crippen molar-refractivity contribution in [2.45, 2.75) is 25.9 Å². The Morgan fingerprint density at radius 2 is 2.46 bits per heavy atom. The number of aromatic nitrogens is 1. The van der Waals surface area contributed by atoms with Gasteiger partial charge in [0.25, 0.3) is 0 Å². The summed E-state index contributed by atoms with van der Waals surface area (Å²) < 4.78 is 10.5. The van der Waals surface area contributed by atoms with Crippen molar-refractivity contribution in [3.63, 3.8) is 0 Å². The van der Waals surface area contributed by atoms with Crippen molar-refractivity contribution in [3.8, 4) is 0 Å². The van der Waals surface area contributed by atoms with Gasteiger partial charge < -0.3 is 14.5 Å². The summed E-state index contributed by atoms with van der Waals surface area (Å²) in [5.41, 5.74) is 0. The first-order valence-electron chi connectivity index (χ1n) is 4.63. The zero-order chi connectivity index (χ0) is 9.10. The average molecular weight is 182 g/mol. The largest absolute Gasteiger partial charge is 0.444 e. The summed E-state index contributed by atoms with van der Waals surface area (Å²) in [4.78, 5) is 4.15. The van der Waals surface area contributed by atoms with Crippen molar-refractivity contribution in [3.05, 3.63) is 17.8 Å². The molecule has 1 fully saturated rings. The van der Waals surface area contributed by atoms with Crippen LogP contribution in [-0.2, 0) is 17.7 Å². The van der Waals surface area contributed by atoms with E-state index >= 15 is 0 Å². The highest BCUT2D eigenvalue weighted by Crippen LogP contribution is 2.05. The Hall–Kier alpha value is -0.870. The zero-order valence-corrected chi connectivity index (χ0v) is 7.75. The van der Waals surface area contributed by atoms with Gasteiger partial charge in [-0.3, -0.25) is 0 Å². The normalized spacial score (nSPS) is 17.3. The van der Waals surface area contributed by atoms with E-state index in [4.69, 9.17) is 9.15 Å². The van der Waals surface area contributed by atoms with Crippen LogP contribution in [0.15, 0.2) is 10.6 Å². The molecule has 0 radical (unpaired) electrons. The second-order valence-electron chi connectivity index (χ2n) is 3.19. The van der Waals surface area contributed by atoms with E-state index < -0.39 is 0 Å². The molecule has 0 spiro atoms. The van der Waals surface area contributed by atoms with Crippen molar-refractivity contribution in [1.82, 2.24) is 10.3 Å². The van der Waals surface area contributed by atoms with Gasteiger partial charge >= 0.3 is 0 Å². The lowest BCUT2D eigenvalue weighted by Gasteiger charge is -2.26. The topological polar surface area (TPSA) is 47.3 Å². The summed E-state index contributed by atoms with van der Waals surface area (Å²) in [6, 6.07) is 0.483. The molecule has 0 amide bonds. The number of nitrogens with one attached hydrogen (secondary N) is 1. The Labute approximate surface area is 77.3 Å². The van der Waals surface area contributed by atoms with Gasteiger partial charge in [-0.1, -0.05) is 6.92 Å². The van der Waals surface area contributed by atoms with E-state index in [9.17, 15) is 0 Å². The molecular weight excluding hydrogens is 168 g/mol. The number of nitrogens with zero attached hydrogens (tertiary/aromatic N) is 1. The van der Waals surface area contributed by atoms with Crippen molar-refractivity contribution in [1.29, 1.82) is 0 Å². The summed E-state index contributed by atoms with van der Waals surface area (Å²) in [5, 5.41) is 3.29. The van der Waals surface area contributed by atoms with E-state index in [0.717, 1.165) is 31.3 Å². The number of oxazole rings is 1. The fourth-order valence-corrected chi connectivity index (χ4v) is 1.18. The van der Waals surface area contributed by atoms with Crippen LogP contribution in [0, 0.1) is 0 Å². The average Bonchev–Trinajstić information content (AvgIpc) is 2.49. The van der Waals surface area contributed by atoms with E-state index in [1.54, 1.807) is 6.20 Å². The van der Waals surface area contributed by atoms with Crippen LogP contribution in [0.25, 0.3) is 0 Å². The molecule has 0 bridgehead atoms. The molecule has 72 valence electrons. The predicted octanol–water partition coefficient (Wildman–Crippen LogP) is 0.725. The van der Waals surface area contributed by atoms with E-state index in [1.807, 2.05) is 0 Å². The predicted molar refractivity (Wildman–Crippen MR) is 47.3 cm³/mol. The molecule has 1 aromatic heterocycles. The SMILES string of the molecule is CCc1cnc(CNC2COC2)o1. The molecule has 0 aliphatic carbocycles. The van der Waals surface area contributed by atoms with Crippen molar-refractivity contribution < 1.29 is 9.15 Å². The van der Waals surface area contributed by atoms with Crippen molar-refractivity contribution in [2.75, 3.05) is 13.2 Å². The molecule has 1 aliphatic heterocycles. The number of hydrogen-bond donors (Lipinski definition) is 1. The third-order valence-electron chi connectivity index (χ3n) is 2.13. The smallest absolute Gasteiger partial charge is 0.208 e. The minimum Gasteiger partial charge on any atom is -0.444 e. The van der Waals surface area contributed by atoms with Crippen LogP contribution >= 0.6 is 0 Å². The highest BCUT2D eigenvalue weighted by molar-refractivity contribution is 4.93. The van der Waals surface area contributed by atoms with Crippen molar-refractivity contribution >= 4 is 0 Å². The molecule has 0 unspecified atom stereocenters. The summed E-state index contributed by atoms with van der Waals surface area (Å²) in [6.45, 7) is 4.37. The lowest BCUT2D eigenvalue weighted by molar-refractivity contribution is -0.00661. The first-order chi connectivity index (χ1) is 6.38. The molecule has 1 aliphatic rings. The van der Waals surface area contributed by atoms with E-state index in [0.29, 0.717) is 12.6 Å². The maximum Gasteiger partial charge on any atom is 0.208 e. The van der Waals surface area contributed by atoms with Crippen LogP contribution in [0.2, 0.25) is 0 Å². The molecular formula is C9H14N2O2. The molecule has 0 atom stereocenters. The van der Waals surface area contributed by atoms with E-state index in [1.165, 1.54) is 0 Å². The van der Waals surface area contributed by atoms with Gasteiger partial charge in [-0.15, -0.1) is 0 Å². The molecule has 2 rings (SSSR count). The standard InChI is InChI=1S/C9H14N2O2/c1-2-8-3-11-9(13-8)4-10-7-5-12-6-7/h3,7,10H,2,4-6H2,1H3. The Kier molecular flexibility index (Phi) is 2.61. The first kappa shape index (κ1) is 8.72. The van der Waals surface area contributed by atoms with Gasteiger partial charge in [-0.25, -0.2) is 4.98 Å². The summed E-state index contributed by atoms with van der Waals surface area (Å²) in [5.74, 6) is 1.71. The molecule has 4 heteroatoms. The minimum atomic E-state index is 0.483. The van der Waals surface area contributed by atoms with Gasteiger partial charge in [-0.2, -0.15) is 0 Å². The lowest BCUT2D eigenvalue weighted by Crippen LogP contribution is -2.45. The van der Waals surface area contributed by atoms with Gasteiger partial charge in [-0.05, 0) is 0 Å². The zero-order valence-electron chi connectivity index (χ0n) is 7.75. The van der Waals surface area contributed by atoms with Crippen LogP contribution in [0.5, 0.6) is 0 Å². The number of ether oxygens (including phenoxy) is 1. The fourth-order valence-electron chi connectivity index (χ4n) is 1.18. The molecule has 4 nitrogen and oxygen atoms in total. The molecule has 0 aromatic carbocycles. The maximum absolute atomic E-state index is 5.44. The van der Waals surface area contributed by atoms with Crippen molar-refractivity contribution in [2.24, 2.45) is 0 Å². The third-order valence-corrected chi connectivity index (χ3v) is 2.13. The Balaban J connectivity index is 1.79. The monoisotopic (exact) mass is 182 g/mol. The quantitative estimate of drug-likeness (QED) is 0.745. The molecule has 1 N–H and O–H groups in total. The Morgan fingerprint density at radius 1 is 1.62 bits per heavy atom. The molecule has 1 saturated heterocycles. The Bertz CT molecular complexity index is 268. The molecule has 13 heavy (non-hydrogen) atoms. The van der Waals surface area contributed by atoms with Crippen LogP contribution in [0.4, 0.5) is 0 Å². The minimum absolute atomic E-state index is 0.483. The number of hydrogen-bond acceptors (Lipinski definition) is 4. The van der Waals surface area contributed by atoms with Gasteiger partial charge in [0, 0.05) is 6.42 Å². The maximum atomic E-state index is 5.44. The number of rotatable bonds is 4. The third kappa shape index (κ3) is 2.08. The molecule has 0 saturated carbocycles. The van der Waals surface area contributed by atoms with Gasteiger partial charge in [0.1, 0.15) is 5.76 Å². The van der Waals surface area contributed by atoms with Crippen LogP contribution < -0.4 is 5.32 Å². The van der Waals surface area contributed by atoms with Crippen LogP contribution in [-0.4, -0.2) is 24.2 Å². The van der Waals surface area contributed by atoms with Crippen LogP contribution in [0.3, 0.4) is 0 Å². The summed E-state index contributed by atoms with van der Waals surface area (Å²) >= 11 is 0. The Morgan fingerprint density at radius 3 is 3.00 bits per heavy atom. The van der Waals surface area contributed by atoms with E-state index in [-0.39, 0.29) is 0 Å².